The highest BCUT2D eigenvalue weighted by molar-refractivity contribution is 7.99. The number of carbonyl (C=O) groups is 1. The van der Waals surface area contributed by atoms with Crippen LogP contribution < -0.4 is 0 Å². The maximum Gasteiger partial charge on any atom is 0.151 e. The summed E-state index contributed by atoms with van der Waals surface area (Å²) in [7, 11) is 1.85. The van der Waals surface area contributed by atoms with E-state index in [-0.39, 0.29) is 0 Å². The van der Waals surface area contributed by atoms with Gasteiger partial charge < -0.3 is 0 Å². The van der Waals surface area contributed by atoms with Crippen molar-refractivity contribution < 1.29 is 4.79 Å². The lowest BCUT2D eigenvalue weighted by Gasteiger charge is -2.02. The van der Waals surface area contributed by atoms with E-state index in [0.717, 1.165) is 16.1 Å². The first-order valence-electron chi connectivity index (χ1n) is 4.60. The van der Waals surface area contributed by atoms with Crippen LogP contribution in [0.2, 0.25) is 5.02 Å². The van der Waals surface area contributed by atoms with E-state index in [1.807, 2.05) is 13.2 Å². The summed E-state index contributed by atoms with van der Waals surface area (Å²) in [6.45, 7) is 0. The van der Waals surface area contributed by atoms with Crippen LogP contribution in [0, 0.1) is 0 Å². The molecule has 82 valence electrons. The zero-order chi connectivity index (χ0) is 11.5. The predicted molar refractivity (Wildman–Crippen MR) is 64.2 cm³/mol. The Morgan fingerprint density at radius 3 is 2.94 bits per heavy atom. The van der Waals surface area contributed by atoms with E-state index in [1.165, 1.54) is 11.8 Å². The lowest BCUT2D eigenvalue weighted by atomic mass is 10.2. The van der Waals surface area contributed by atoms with E-state index in [2.05, 4.69) is 5.10 Å². The van der Waals surface area contributed by atoms with Crippen molar-refractivity contribution in [3.05, 3.63) is 41.2 Å². The van der Waals surface area contributed by atoms with Crippen molar-refractivity contribution in [2.45, 2.75) is 9.79 Å². The third-order valence-corrected chi connectivity index (χ3v) is 3.27. The summed E-state index contributed by atoms with van der Waals surface area (Å²) in [5, 5.41) is 4.69. The van der Waals surface area contributed by atoms with Gasteiger partial charge in [-0.15, -0.1) is 0 Å². The molecule has 0 spiro atoms. The molecule has 1 heterocycles. The van der Waals surface area contributed by atoms with Crippen molar-refractivity contribution in [3.63, 3.8) is 0 Å². The summed E-state index contributed by atoms with van der Waals surface area (Å²) < 4.78 is 1.72. The maximum atomic E-state index is 10.9. The summed E-state index contributed by atoms with van der Waals surface area (Å²) in [5.41, 5.74) is 0.637. The van der Waals surface area contributed by atoms with Gasteiger partial charge in [0.1, 0.15) is 0 Å². The highest BCUT2D eigenvalue weighted by Crippen LogP contribution is 2.31. The SMILES string of the molecule is Cn1cc(Sc2cc(Cl)ccc2C=O)cn1. The highest BCUT2D eigenvalue weighted by atomic mass is 35.5. The molecule has 0 aliphatic carbocycles. The molecule has 3 nitrogen and oxygen atoms in total. The first kappa shape index (κ1) is 11.2. The van der Waals surface area contributed by atoms with E-state index in [4.69, 9.17) is 11.6 Å². The van der Waals surface area contributed by atoms with Gasteiger partial charge in [-0.05, 0) is 18.2 Å². The van der Waals surface area contributed by atoms with Crippen molar-refractivity contribution in [2.24, 2.45) is 7.05 Å². The fourth-order valence-electron chi connectivity index (χ4n) is 1.27. The molecular formula is C11H9ClN2OS. The first-order chi connectivity index (χ1) is 7.69. The van der Waals surface area contributed by atoms with Crippen molar-refractivity contribution in [1.82, 2.24) is 9.78 Å². The minimum absolute atomic E-state index is 0.622. The average Bonchev–Trinajstić information content (AvgIpc) is 2.64. The molecule has 1 aromatic heterocycles. The molecule has 0 bridgehead atoms. The van der Waals surface area contributed by atoms with Gasteiger partial charge in [0.15, 0.2) is 6.29 Å². The number of aldehydes is 1. The average molecular weight is 253 g/mol. The summed E-state index contributed by atoms with van der Waals surface area (Å²) in [6.07, 6.45) is 4.47. The molecule has 0 aliphatic rings. The fourth-order valence-corrected chi connectivity index (χ4v) is 2.49. The predicted octanol–water partition coefficient (Wildman–Crippen LogP) is 3.04. The molecule has 0 unspecified atom stereocenters. The van der Waals surface area contributed by atoms with Crippen LogP contribution in [-0.4, -0.2) is 16.1 Å². The molecule has 0 atom stereocenters. The van der Waals surface area contributed by atoms with E-state index in [1.54, 1.807) is 29.1 Å². The van der Waals surface area contributed by atoms with Gasteiger partial charge in [0.05, 0.1) is 11.1 Å². The normalized spacial score (nSPS) is 10.4. The van der Waals surface area contributed by atoms with Crippen LogP contribution in [0.3, 0.4) is 0 Å². The molecule has 2 aromatic rings. The van der Waals surface area contributed by atoms with E-state index in [0.29, 0.717) is 10.6 Å². The van der Waals surface area contributed by atoms with Gasteiger partial charge in [-0.25, -0.2) is 0 Å². The standard InChI is InChI=1S/C11H9ClN2OS/c1-14-6-10(5-13-14)16-11-4-9(12)3-2-8(11)7-15/h2-7H,1H3. The molecule has 0 saturated heterocycles. The number of nitrogens with zero attached hydrogens (tertiary/aromatic N) is 2. The maximum absolute atomic E-state index is 10.9. The van der Waals surface area contributed by atoms with Gasteiger partial charge in [-0.2, -0.15) is 5.10 Å². The van der Waals surface area contributed by atoms with Gasteiger partial charge in [0.2, 0.25) is 0 Å². The quantitative estimate of drug-likeness (QED) is 0.788. The van der Waals surface area contributed by atoms with Gasteiger partial charge in [0, 0.05) is 28.7 Å². The Hall–Kier alpha value is -1.26. The lowest BCUT2D eigenvalue weighted by molar-refractivity contribution is 0.112. The molecule has 0 fully saturated rings. The molecule has 2 rings (SSSR count). The Bertz CT molecular complexity index is 524. The third kappa shape index (κ3) is 2.46. The molecule has 5 heteroatoms. The van der Waals surface area contributed by atoms with Gasteiger partial charge in [0.25, 0.3) is 0 Å². The van der Waals surface area contributed by atoms with Gasteiger partial charge in [-0.1, -0.05) is 23.4 Å². The Balaban J connectivity index is 2.32. The van der Waals surface area contributed by atoms with E-state index < -0.39 is 0 Å². The zero-order valence-corrected chi connectivity index (χ0v) is 10.1. The number of benzene rings is 1. The van der Waals surface area contributed by atoms with Crippen LogP contribution in [0.1, 0.15) is 10.4 Å². The van der Waals surface area contributed by atoms with Gasteiger partial charge >= 0.3 is 0 Å². The largest absolute Gasteiger partial charge is 0.298 e. The topological polar surface area (TPSA) is 34.9 Å². The first-order valence-corrected chi connectivity index (χ1v) is 5.80. The van der Waals surface area contributed by atoms with E-state index >= 15 is 0 Å². The van der Waals surface area contributed by atoms with Crippen molar-refractivity contribution in [3.8, 4) is 0 Å². The number of rotatable bonds is 3. The number of aryl methyl sites for hydroxylation is 1. The number of carbonyl (C=O) groups excluding carboxylic acids is 1. The fraction of sp³-hybridized carbons (Fsp3) is 0.0909. The van der Waals surface area contributed by atoms with Gasteiger partial charge in [-0.3, -0.25) is 9.48 Å². The van der Waals surface area contributed by atoms with Crippen LogP contribution in [0.25, 0.3) is 0 Å². The van der Waals surface area contributed by atoms with Crippen LogP contribution in [0.15, 0.2) is 40.4 Å². The zero-order valence-electron chi connectivity index (χ0n) is 8.55. The van der Waals surface area contributed by atoms with Crippen LogP contribution >= 0.6 is 23.4 Å². The Kier molecular flexibility index (Phi) is 3.31. The molecule has 0 amide bonds. The Morgan fingerprint density at radius 2 is 2.31 bits per heavy atom. The smallest absolute Gasteiger partial charge is 0.151 e. The van der Waals surface area contributed by atoms with E-state index in [9.17, 15) is 4.79 Å². The second-order valence-corrected chi connectivity index (χ2v) is 4.80. The number of hydrogen-bond donors (Lipinski definition) is 0. The molecule has 1 aromatic carbocycles. The minimum Gasteiger partial charge on any atom is -0.298 e. The van der Waals surface area contributed by atoms with Crippen molar-refractivity contribution >= 4 is 29.6 Å². The molecule has 0 N–H and O–H groups in total. The van der Waals surface area contributed by atoms with Crippen molar-refractivity contribution in [1.29, 1.82) is 0 Å². The summed E-state index contributed by atoms with van der Waals surface area (Å²) in [6, 6.07) is 5.20. The molecule has 0 aliphatic heterocycles. The van der Waals surface area contributed by atoms with Crippen LogP contribution in [0.5, 0.6) is 0 Å². The second kappa shape index (κ2) is 4.72. The summed E-state index contributed by atoms with van der Waals surface area (Å²) in [4.78, 5) is 12.7. The molecule has 0 saturated carbocycles. The highest BCUT2D eigenvalue weighted by Gasteiger charge is 2.06. The molecule has 16 heavy (non-hydrogen) atoms. The van der Waals surface area contributed by atoms with Crippen LogP contribution in [-0.2, 0) is 7.05 Å². The number of aromatic nitrogens is 2. The minimum atomic E-state index is 0.622. The number of hydrogen-bond acceptors (Lipinski definition) is 3. The Labute approximate surface area is 102 Å². The summed E-state index contributed by atoms with van der Waals surface area (Å²) in [5.74, 6) is 0. The monoisotopic (exact) mass is 252 g/mol. The van der Waals surface area contributed by atoms with Crippen molar-refractivity contribution in [2.75, 3.05) is 0 Å². The Morgan fingerprint density at radius 1 is 1.50 bits per heavy atom. The summed E-state index contributed by atoms with van der Waals surface area (Å²) >= 11 is 7.37. The second-order valence-electron chi connectivity index (χ2n) is 3.25. The molecule has 0 radical (unpaired) electrons. The number of halogens is 1. The molecular weight excluding hydrogens is 244 g/mol. The lowest BCUT2D eigenvalue weighted by Crippen LogP contribution is -1.85. The third-order valence-electron chi connectivity index (χ3n) is 2.01. The van der Waals surface area contributed by atoms with Crippen LogP contribution in [0.4, 0.5) is 0 Å².